The maximum Gasteiger partial charge on any atom is 0.305 e. The fourth-order valence-electron chi connectivity index (χ4n) is 10.0. The van der Waals surface area contributed by atoms with Gasteiger partial charge in [-0.2, -0.15) is 0 Å². The molecule has 0 aliphatic carbocycles. The zero-order chi connectivity index (χ0) is 50.0. The van der Waals surface area contributed by atoms with Crippen LogP contribution >= 0.6 is 0 Å². The summed E-state index contributed by atoms with van der Waals surface area (Å²) in [6.07, 6.45) is 51.2. The first-order chi connectivity index (χ1) is 33.2. The Balaban J connectivity index is 5.05. The van der Waals surface area contributed by atoms with Crippen molar-refractivity contribution >= 4 is 17.8 Å². The fourth-order valence-corrected chi connectivity index (χ4v) is 10.0. The topological polar surface area (TPSA) is 76.2 Å². The minimum atomic E-state index is -0.00481. The number of amides is 1. The second kappa shape index (κ2) is 51.7. The Kier molecular flexibility index (Phi) is 50.5. The molecule has 3 unspecified atom stereocenters. The Morgan fingerprint density at radius 3 is 1.06 bits per heavy atom. The molecule has 0 rings (SSSR count). The Morgan fingerprint density at radius 2 is 0.662 bits per heavy atom. The molecular formula is C61H120N2O5. The predicted octanol–water partition coefficient (Wildman–Crippen LogP) is 18.3. The number of unbranched alkanes of at least 4 members (excludes halogenated alkanes) is 27. The molecule has 0 spiro atoms. The average Bonchev–Trinajstić information content (AvgIpc) is 3.33. The molecule has 1 amide bonds. The van der Waals surface area contributed by atoms with E-state index in [0.29, 0.717) is 56.3 Å². The summed E-state index contributed by atoms with van der Waals surface area (Å²) in [6.45, 7) is 14.4. The first kappa shape index (κ1) is 66.4. The van der Waals surface area contributed by atoms with Crippen LogP contribution in [0.3, 0.4) is 0 Å². The molecule has 404 valence electrons. The summed E-state index contributed by atoms with van der Waals surface area (Å²) in [6, 6.07) is 0.325. The van der Waals surface area contributed by atoms with Gasteiger partial charge in [0, 0.05) is 31.8 Å². The van der Waals surface area contributed by atoms with Crippen LogP contribution in [0.5, 0.6) is 0 Å². The van der Waals surface area contributed by atoms with Crippen molar-refractivity contribution in [1.29, 1.82) is 0 Å². The van der Waals surface area contributed by atoms with Crippen LogP contribution in [0.15, 0.2) is 0 Å². The van der Waals surface area contributed by atoms with Gasteiger partial charge in [-0.1, -0.05) is 234 Å². The van der Waals surface area contributed by atoms with E-state index in [9.17, 15) is 14.4 Å². The van der Waals surface area contributed by atoms with Gasteiger partial charge in [-0.05, 0) is 96.7 Å². The molecule has 0 N–H and O–H groups in total. The van der Waals surface area contributed by atoms with Gasteiger partial charge >= 0.3 is 11.9 Å². The van der Waals surface area contributed by atoms with Crippen molar-refractivity contribution in [2.45, 2.75) is 323 Å². The van der Waals surface area contributed by atoms with Crippen LogP contribution in [0, 0.1) is 11.8 Å². The van der Waals surface area contributed by atoms with E-state index in [1.807, 2.05) is 0 Å². The zero-order valence-electron chi connectivity index (χ0n) is 47.1. The molecule has 7 nitrogen and oxygen atoms in total. The Hall–Kier alpha value is -1.63. The van der Waals surface area contributed by atoms with E-state index in [-0.39, 0.29) is 11.9 Å². The van der Waals surface area contributed by atoms with Crippen molar-refractivity contribution in [2.75, 3.05) is 40.4 Å². The normalized spacial score (nSPS) is 12.9. The van der Waals surface area contributed by atoms with Gasteiger partial charge in [0.1, 0.15) is 0 Å². The molecule has 0 heterocycles. The van der Waals surface area contributed by atoms with Crippen molar-refractivity contribution in [3.63, 3.8) is 0 Å². The van der Waals surface area contributed by atoms with Crippen LogP contribution in [0.25, 0.3) is 0 Å². The third kappa shape index (κ3) is 44.3. The highest BCUT2D eigenvalue weighted by Gasteiger charge is 2.23. The smallest absolute Gasteiger partial charge is 0.305 e. The average molecular weight is 962 g/mol. The maximum atomic E-state index is 14.0. The Morgan fingerprint density at radius 1 is 0.338 bits per heavy atom. The largest absolute Gasteiger partial charge is 0.465 e. The van der Waals surface area contributed by atoms with Crippen LogP contribution in [0.1, 0.15) is 317 Å². The van der Waals surface area contributed by atoms with Crippen LogP contribution < -0.4 is 0 Å². The predicted molar refractivity (Wildman–Crippen MR) is 294 cm³/mol. The number of esters is 2. The van der Waals surface area contributed by atoms with E-state index in [1.54, 1.807) is 0 Å². The van der Waals surface area contributed by atoms with Crippen molar-refractivity contribution in [2.24, 2.45) is 11.8 Å². The van der Waals surface area contributed by atoms with E-state index in [4.69, 9.17) is 9.47 Å². The molecular weight excluding hydrogens is 841 g/mol. The quantitative estimate of drug-likeness (QED) is 0.0447. The molecule has 3 atom stereocenters. The number of hydrogen-bond donors (Lipinski definition) is 0. The van der Waals surface area contributed by atoms with E-state index in [2.05, 4.69) is 58.5 Å². The van der Waals surface area contributed by atoms with E-state index < -0.39 is 0 Å². The van der Waals surface area contributed by atoms with Gasteiger partial charge in [0.2, 0.25) is 5.91 Å². The molecule has 0 aromatic heterocycles. The van der Waals surface area contributed by atoms with Crippen LogP contribution in [0.4, 0.5) is 0 Å². The molecule has 0 saturated heterocycles. The molecule has 0 aliphatic heterocycles. The lowest BCUT2D eigenvalue weighted by atomic mass is 9.96. The van der Waals surface area contributed by atoms with Crippen LogP contribution in [-0.2, 0) is 23.9 Å². The van der Waals surface area contributed by atoms with E-state index in [1.165, 1.54) is 186 Å². The van der Waals surface area contributed by atoms with Gasteiger partial charge in [-0.15, -0.1) is 0 Å². The van der Waals surface area contributed by atoms with Gasteiger partial charge in [0.15, 0.2) is 0 Å². The first-order valence-electron chi connectivity index (χ1n) is 30.5. The molecule has 0 saturated carbocycles. The van der Waals surface area contributed by atoms with Gasteiger partial charge in [-0.3, -0.25) is 14.4 Å². The number of hydrogen-bond acceptors (Lipinski definition) is 6. The van der Waals surface area contributed by atoms with Gasteiger partial charge in [0.05, 0.1) is 13.2 Å². The zero-order valence-corrected chi connectivity index (χ0v) is 47.1. The monoisotopic (exact) mass is 961 g/mol. The minimum absolute atomic E-state index is 0.00122. The third-order valence-electron chi connectivity index (χ3n) is 14.7. The summed E-state index contributed by atoms with van der Waals surface area (Å²) in [5, 5.41) is 0. The summed E-state index contributed by atoms with van der Waals surface area (Å²) in [5.41, 5.74) is 0. The molecule has 0 fully saturated rings. The number of rotatable bonds is 54. The highest BCUT2D eigenvalue weighted by Crippen LogP contribution is 2.24. The van der Waals surface area contributed by atoms with Crippen molar-refractivity contribution in [3.8, 4) is 0 Å². The molecule has 0 aliphatic rings. The fraction of sp³-hybridized carbons (Fsp3) is 0.951. The van der Waals surface area contributed by atoms with E-state index in [0.717, 1.165) is 90.1 Å². The second-order valence-electron chi connectivity index (χ2n) is 21.7. The highest BCUT2D eigenvalue weighted by molar-refractivity contribution is 5.76. The molecule has 0 bridgehead atoms. The van der Waals surface area contributed by atoms with Crippen LogP contribution in [0.2, 0.25) is 0 Å². The molecule has 0 radical (unpaired) electrons. The number of carbonyl (C=O) groups is 3. The number of nitrogens with zero attached hydrogens (tertiary/aromatic N) is 2. The summed E-state index contributed by atoms with van der Waals surface area (Å²) >= 11 is 0. The standard InChI is InChI=1S/C61H120N2O5/c1-8-13-18-21-23-28-34-41-53-63(59(64)49-42-52-62(6)7)58(47-37-30-24-26-32-39-50-60(65)67-54-56(43-16-11-4)45-35-20-15-10-3)48-38-31-25-27-33-40-51-61(66)68-55-57(44-17-12-5)46-36-29-22-19-14-9-2/h56-58H,8-55H2,1-7H3. The molecule has 0 aromatic rings. The molecule has 68 heavy (non-hydrogen) atoms. The van der Waals surface area contributed by atoms with Gasteiger partial charge in [-0.25, -0.2) is 0 Å². The molecule has 7 heteroatoms. The van der Waals surface area contributed by atoms with Gasteiger partial charge in [0.25, 0.3) is 0 Å². The summed E-state index contributed by atoms with van der Waals surface area (Å²) in [7, 11) is 4.21. The SMILES string of the molecule is CCCCCCCCCCN(C(=O)CCCN(C)C)C(CCCCCCCCC(=O)OCC(CCCC)CCCCCC)CCCCCCCCC(=O)OCC(CCCC)CCCCCCCC. The van der Waals surface area contributed by atoms with Crippen molar-refractivity contribution in [1.82, 2.24) is 9.80 Å². The number of ether oxygens (including phenoxy) is 2. The first-order valence-corrected chi connectivity index (χ1v) is 30.5. The summed E-state index contributed by atoms with van der Waals surface area (Å²) in [5.74, 6) is 1.41. The summed E-state index contributed by atoms with van der Waals surface area (Å²) in [4.78, 5) is 43.8. The lowest BCUT2D eigenvalue weighted by Gasteiger charge is -2.33. The molecule has 0 aromatic carbocycles. The van der Waals surface area contributed by atoms with Crippen LogP contribution in [-0.4, -0.2) is 74.1 Å². The van der Waals surface area contributed by atoms with E-state index >= 15 is 0 Å². The Labute approximate surface area is 425 Å². The van der Waals surface area contributed by atoms with Crippen molar-refractivity contribution < 1.29 is 23.9 Å². The third-order valence-corrected chi connectivity index (χ3v) is 14.7. The minimum Gasteiger partial charge on any atom is -0.465 e. The van der Waals surface area contributed by atoms with Crippen molar-refractivity contribution in [3.05, 3.63) is 0 Å². The second-order valence-corrected chi connectivity index (χ2v) is 21.7. The maximum absolute atomic E-state index is 14.0. The Bertz CT molecular complexity index is 1080. The lowest BCUT2D eigenvalue weighted by Crippen LogP contribution is -2.41. The summed E-state index contributed by atoms with van der Waals surface area (Å²) < 4.78 is 11.6. The highest BCUT2D eigenvalue weighted by atomic mass is 16.5. The number of carbonyl (C=O) groups excluding carboxylic acids is 3. The van der Waals surface area contributed by atoms with Gasteiger partial charge < -0.3 is 19.3 Å². The lowest BCUT2D eigenvalue weighted by molar-refractivity contribution is -0.146.